The van der Waals surface area contributed by atoms with Crippen LogP contribution in [0.15, 0.2) is 24.3 Å². The summed E-state index contributed by atoms with van der Waals surface area (Å²) in [7, 11) is -3.36. The predicted molar refractivity (Wildman–Crippen MR) is 76.5 cm³/mol. The Balaban J connectivity index is 2.70. The number of para-hydroxylation sites is 1. The fourth-order valence-corrected chi connectivity index (χ4v) is 3.38. The van der Waals surface area contributed by atoms with E-state index in [1.54, 1.807) is 32.0 Å². The van der Waals surface area contributed by atoms with Crippen LogP contribution in [0, 0.1) is 5.92 Å². The van der Waals surface area contributed by atoms with Crippen LogP contribution in [-0.2, 0) is 21.2 Å². The van der Waals surface area contributed by atoms with E-state index in [2.05, 4.69) is 5.32 Å². The molecule has 0 atom stereocenters. The third-order valence-corrected chi connectivity index (χ3v) is 4.33. The molecule has 0 aliphatic carbocycles. The fraction of sp³-hybridized carbons (Fsp3) is 0.462. The summed E-state index contributed by atoms with van der Waals surface area (Å²) in [5.74, 6) is -1.00. The van der Waals surface area contributed by atoms with Crippen LogP contribution < -0.4 is 11.1 Å². The van der Waals surface area contributed by atoms with Crippen molar-refractivity contribution in [2.75, 3.05) is 16.8 Å². The van der Waals surface area contributed by atoms with Crippen LogP contribution in [-0.4, -0.2) is 25.8 Å². The summed E-state index contributed by atoms with van der Waals surface area (Å²) < 4.78 is 23.4. The number of carbonyl (C=O) groups is 1. The molecular weight excluding hydrogens is 264 g/mol. The van der Waals surface area contributed by atoms with Crippen molar-refractivity contribution in [3.8, 4) is 0 Å². The van der Waals surface area contributed by atoms with Crippen molar-refractivity contribution in [3.63, 3.8) is 0 Å². The zero-order chi connectivity index (χ0) is 14.5. The third kappa shape index (κ3) is 5.40. The Hall–Kier alpha value is -1.40. The van der Waals surface area contributed by atoms with Crippen molar-refractivity contribution in [3.05, 3.63) is 29.8 Å². The fourth-order valence-electron chi connectivity index (χ4n) is 1.77. The molecule has 0 saturated carbocycles. The molecule has 0 aromatic heterocycles. The van der Waals surface area contributed by atoms with E-state index in [1.807, 2.05) is 6.07 Å². The van der Waals surface area contributed by atoms with Gasteiger partial charge < -0.3 is 11.1 Å². The molecule has 0 fully saturated rings. The second-order valence-corrected chi connectivity index (χ2v) is 6.97. The number of sulfone groups is 1. The number of hydrogen-bond donors (Lipinski definition) is 2. The van der Waals surface area contributed by atoms with E-state index in [-0.39, 0.29) is 18.2 Å². The van der Waals surface area contributed by atoms with Gasteiger partial charge in [-0.2, -0.15) is 0 Å². The number of nitrogens with two attached hydrogens (primary N) is 1. The highest BCUT2D eigenvalue weighted by molar-refractivity contribution is 7.92. The summed E-state index contributed by atoms with van der Waals surface area (Å²) in [6, 6.07) is 7.07. The maximum atomic E-state index is 11.7. The molecule has 0 aliphatic rings. The summed E-state index contributed by atoms with van der Waals surface area (Å²) in [6.07, 6.45) is 0. The first-order valence-corrected chi connectivity index (χ1v) is 7.94. The first kappa shape index (κ1) is 15.7. The van der Waals surface area contributed by atoms with Crippen LogP contribution in [0.5, 0.6) is 0 Å². The minimum Gasteiger partial charge on any atom is -0.326 e. The van der Waals surface area contributed by atoms with Gasteiger partial charge in [-0.1, -0.05) is 32.0 Å². The molecule has 0 bridgehead atoms. The van der Waals surface area contributed by atoms with E-state index in [0.29, 0.717) is 5.69 Å². The summed E-state index contributed by atoms with van der Waals surface area (Å²) in [5, 5.41) is 2.59. The second-order valence-electron chi connectivity index (χ2n) is 4.86. The molecule has 6 heteroatoms. The molecule has 0 unspecified atom stereocenters. The van der Waals surface area contributed by atoms with Crippen LogP contribution in [0.25, 0.3) is 0 Å². The van der Waals surface area contributed by atoms with Gasteiger partial charge >= 0.3 is 0 Å². The molecule has 3 N–H and O–H groups in total. The highest BCUT2D eigenvalue weighted by Crippen LogP contribution is 2.14. The van der Waals surface area contributed by atoms with Gasteiger partial charge in [0.15, 0.2) is 9.84 Å². The van der Waals surface area contributed by atoms with Gasteiger partial charge in [0.1, 0.15) is 5.75 Å². The number of amides is 1. The molecule has 1 aromatic rings. The smallest absolute Gasteiger partial charge is 0.239 e. The maximum Gasteiger partial charge on any atom is 0.239 e. The highest BCUT2D eigenvalue weighted by atomic mass is 32.2. The number of nitrogens with one attached hydrogen (secondary N) is 1. The number of rotatable bonds is 6. The van der Waals surface area contributed by atoms with Crippen LogP contribution in [0.3, 0.4) is 0 Å². The van der Waals surface area contributed by atoms with Gasteiger partial charge in [0, 0.05) is 12.2 Å². The van der Waals surface area contributed by atoms with Crippen molar-refractivity contribution in [1.82, 2.24) is 0 Å². The molecule has 5 nitrogen and oxygen atoms in total. The number of hydrogen-bond acceptors (Lipinski definition) is 4. The number of anilines is 1. The van der Waals surface area contributed by atoms with Gasteiger partial charge in [-0.05, 0) is 17.5 Å². The Bertz CT molecular complexity index is 539. The van der Waals surface area contributed by atoms with Gasteiger partial charge in [0.2, 0.25) is 5.91 Å². The molecule has 0 saturated heterocycles. The first-order chi connectivity index (χ1) is 8.84. The largest absolute Gasteiger partial charge is 0.326 e. The van der Waals surface area contributed by atoms with Crippen molar-refractivity contribution in [2.45, 2.75) is 20.4 Å². The Morgan fingerprint density at radius 2 is 1.95 bits per heavy atom. The van der Waals surface area contributed by atoms with Crippen LogP contribution in [0.4, 0.5) is 5.69 Å². The van der Waals surface area contributed by atoms with Gasteiger partial charge in [0.25, 0.3) is 0 Å². The zero-order valence-corrected chi connectivity index (χ0v) is 12.0. The van der Waals surface area contributed by atoms with Gasteiger partial charge in [-0.3, -0.25) is 4.79 Å². The Labute approximate surface area is 114 Å². The van der Waals surface area contributed by atoms with Gasteiger partial charge in [0.05, 0.1) is 5.75 Å². The van der Waals surface area contributed by atoms with E-state index in [0.717, 1.165) is 5.56 Å². The molecule has 0 spiro atoms. The average Bonchev–Trinajstić information content (AvgIpc) is 2.26. The lowest BCUT2D eigenvalue weighted by atomic mass is 10.2. The topological polar surface area (TPSA) is 89.3 Å². The molecule has 0 heterocycles. The lowest BCUT2D eigenvalue weighted by Crippen LogP contribution is -2.26. The molecule has 0 aliphatic heterocycles. The summed E-state index contributed by atoms with van der Waals surface area (Å²) in [5.41, 5.74) is 6.89. The van der Waals surface area contributed by atoms with E-state index in [4.69, 9.17) is 5.73 Å². The summed E-state index contributed by atoms with van der Waals surface area (Å²) in [6.45, 7) is 3.90. The summed E-state index contributed by atoms with van der Waals surface area (Å²) >= 11 is 0. The van der Waals surface area contributed by atoms with Gasteiger partial charge in [-0.25, -0.2) is 8.42 Å². The quantitative estimate of drug-likeness (QED) is 0.820. The van der Waals surface area contributed by atoms with Crippen molar-refractivity contribution >= 4 is 21.4 Å². The first-order valence-electron chi connectivity index (χ1n) is 6.12. The van der Waals surface area contributed by atoms with E-state index in [1.165, 1.54) is 0 Å². The van der Waals surface area contributed by atoms with E-state index < -0.39 is 21.5 Å². The molecular formula is C13H20N2O3S. The van der Waals surface area contributed by atoms with Crippen molar-refractivity contribution < 1.29 is 13.2 Å². The average molecular weight is 284 g/mol. The summed E-state index contributed by atoms with van der Waals surface area (Å²) in [4.78, 5) is 11.7. The van der Waals surface area contributed by atoms with Crippen molar-refractivity contribution in [2.24, 2.45) is 11.7 Å². The molecule has 1 amide bonds. The lowest BCUT2D eigenvalue weighted by Gasteiger charge is -2.10. The molecule has 19 heavy (non-hydrogen) atoms. The zero-order valence-electron chi connectivity index (χ0n) is 11.2. The monoisotopic (exact) mass is 284 g/mol. The van der Waals surface area contributed by atoms with Crippen LogP contribution in [0.2, 0.25) is 0 Å². The molecule has 1 aromatic carbocycles. The van der Waals surface area contributed by atoms with E-state index >= 15 is 0 Å². The molecule has 1 rings (SSSR count). The Kier molecular flexibility index (Phi) is 5.50. The van der Waals surface area contributed by atoms with Crippen molar-refractivity contribution in [1.29, 1.82) is 0 Å². The number of benzene rings is 1. The highest BCUT2D eigenvalue weighted by Gasteiger charge is 2.18. The Morgan fingerprint density at radius 1 is 1.32 bits per heavy atom. The molecule has 106 valence electrons. The Morgan fingerprint density at radius 3 is 2.53 bits per heavy atom. The number of carbonyl (C=O) groups excluding carboxylic acids is 1. The minimum absolute atomic E-state index is 0.00845. The standard InChI is InChI=1S/C13H20N2O3S/c1-10(2)8-19(17,18)9-13(16)15-12-6-4-3-5-11(12)7-14/h3-6,10H,7-9,14H2,1-2H3,(H,15,16). The normalized spacial score (nSPS) is 11.6. The molecule has 0 radical (unpaired) electrons. The minimum atomic E-state index is -3.36. The third-order valence-electron chi connectivity index (χ3n) is 2.45. The van der Waals surface area contributed by atoms with Gasteiger partial charge in [-0.15, -0.1) is 0 Å². The van der Waals surface area contributed by atoms with Crippen LogP contribution in [0.1, 0.15) is 19.4 Å². The van der Waals surface area contributed by atoms with Crippen LogP contribution >= 0.6 is 0 Å². The maximum absolute atomic E-state index is 11.7. The SMILES string of the molecule is CC(C)CS(=O)(=O)CC(=O)Nc1ccccc1CN. The van der Waals surface area contributed by atoms with E-state index in [9.17, 15) is 13.2 Å². The lowest BCUT2D eigenvalue weighted by molar-refractivity contribution is -0.113. The predicted octanol–water partition coefficient (Wildman–Crippen LogP) is 1.15. The second kappa shape index (κ2) is 6.68.